The molecule has 0 saturated carbocycles. The van der Waals surface area contributed by atoms with Gasteiger partial charge in [-0.3, -0.25) is 20.2 Å². The van der Waals surface area contributed by atoms with Gasteiger partial charge in [0.15, 0.2) is 5.13 Å². The molecule has 0 unspecified atom stereocenters. The zero-order valence-corrected chi connectivity index (χ0v) is 12.6. The molecule has 2 aromatic rings. The van der Waals surface area contributed by atoms with Crippen molar-refractivity contribution in [2.24, 2.45) is 0 Å². The molecule has 0 spiro atoms. The lowest BCUT2D eigenvalue weighted by molar-refractivity contribution is -0.385. The number of hydrogen-bond acceptors (Lipinski definition) is 6. The van der Waals surface area contributed by atoms with Crippen LogP contribution in [0.1, 0.15) is 27.3 Å². The van der Waals surface area contributed by atoms with Crippen molar-refractivity contribution in [1.29, 1.82) is 0 Å². The molecule has 1 aliphatic carbocycles. The average molecular weight is 319 g/mol. The average Bonchev–Trinajstić information content (AvgIpc) is 3.07. The molecule has 0 radical (unpaired) electrons. The molecular weight excluding hydrogens is 306 g/mol. The van der Waals surface area contributed by atoms with E-state index >= 15 is 0 Å². The summed E-state index contributed by atoms with van der Waals surface area (Å²) in [5.74, 6) is -0.171. The number of amides is 1. The molecular formula is C14H13N3O4S. The first-order valence-corrected chi connectivity index (χ1v) is 7.52. The minimum atomic E-state index is -0.587. The number of carbonyl (C=O) groups excluding carboxylic acids is 1. The number of rotatable bonds is 4. The number of thiazole rings is 1. The van der Waals surface area contributed by atoms with Crippen molar-refractivity contribution in [3.63, 3.8) is 0 Å². The van der Waals surface area contributed by atoms with Gasteiger partial charge in [-0.1, -0.05) is 0 Å². The number of fused-ring (bicyclic) bond motifs is 1. The molecule has 1 aromatic carbocycles. The van der Waals surface area contributed by atoms with Crippen LogP contribution >= 0.6 is 11.3 Å². The molecule has 0 bridgehead atoms. The maximum absolute atomic E-state index is 12.3. The summed E-state index contributed by atoms with van der Waals surface area (Å²) in [6.07, 6.45) is 2.98. The summed E-state index contributed by atoms with van der Waals surface area (Å²) in [7, 11) is 1.44. The maximum atomic E-state index is 12.3. The van der Waals surface area contributed by atoms with Crippen LogP contribution in [0, 0.1) is 10.1 Å². The van der Waals surface area contributed by atoms with E-state index in [4.69, 9.17) is 4.74 Å². The molecule has 1 aliphatic rings. The highest BCUT2D eigenvalue weighted by Crippen LogP contribution is 2.31. The van der Waals surface area contributed by atoms with Gasteiger partial charge in [0, 0.05) is 10.9 Å². The van der Waals surface area contributed by atoms with Crippen molar-refractivity contribution < 1.29 is 14.5 Å². The molecule has 1 aromatic heterocycles. The van der Waals surface area contributed by atoms with Crippen LogP contribution in [0.15, 0.2) is 18.2 Å². The third kappa shape index (κ3) is 2.64. The Morgan fingerprint density at radius 3 is 2.95 bits per heavy atom. The van der Waals surface area contributed by atoms with Gasteiger partial charge in [-0.25, -0.2) is 4.98 Å². The molecule has 0 saturated heterocycles. The largest absolute Gasteiger partial charge is 0.497 e. The Morgan fingerprint density at radius 1 is 1.45 bits per heavy atom. The minimum absolute atomic E-state index is 0.0419. The first-order chi connectivity index (χ1) is 10.6. The summed E-state index contributed by atoms with van der Waals surface area (Å²) >= 11 is 1.43. The number of nitrogens with zero attached hydrogens (tertiary/aromatic N) is 2. The second-order valence-electron chi connectivity index (χ2n) is 4.84. The number of aromatic nitrogens is 1. The van der Waals surface area contributed by atoms with E-state index in [2.05, 4.69) is 10.3 Å². The van der Waals surface area contributed by atoms with Gasteiger partial charge < -0.3 is 4.74 Å². The maximum Gasteiger partial charge on any atom is 0.282 e. The highest BCUT2D eigenvalue weighted by atomic mass is 32.1. The number of nitro benzene ring substituents is 1. The second kappa shape index (κ2) is 5.72. The first-order valence-electron chi connectivity index (χ1n) is 6.71. The summed E-state index contributed by atoms with van der Waals surface area (Å²) in [4.78, 5) is 28.3. The molecule has 22 heavy (non-hydrogen) atoms. The van der Waals surface area contributed by atoms with Crippen molar-refractivity contribution in [1.82, 2.24) is 4.98 Å². The van der Waals surface area contributed by atoms with E-state index in [1.54, 1.807) is 0 Å². The first kappa shape index (κ1) is 14.5. The fourth-order valence-electron chi connectivity index (χ4n) is 2.39. The van der Waals surface area contributed by atoms with Crippen molar-refractivity contribution >= 4 is 28.1 Å². The fraction of sp³-hybridized carbons (Fsp3) is 0.286. The van der Waals surface area contributed by atoms with E-state index in [0.29, 0.717) is 10.9 Å². The molecule has 1 N–H and O–H groups in total. The molecule has 1 heterocycles. The number of nitro groups is 1. The van der Waals surface area contributed by atoms with Crippen molar-refractivity contribution in [2.45, 2.75) is 19.3 Å². The Labute approximate surface area is 130 Å². The van der Waals surface area contributed by atoms with Crippen molar-refractivity contribution in [2.75, 3.05) is 12.4 Å². The quantitative estimate of drug-likeness (QED) is 0.690. The van der Waals surface area contributed by atoms with Crippen LogP contribution in [0.25, 0.3) is 0 Å². The molecule has 8 heteroatoms. The molecule has 0 atom stereocenters. The predicted octanol–water partition coefficient (Wildman–Crippen LogP) is 2.80. The van der Waals surface area contributed by atoms with Crippen LogP contribution in [0.4, 0.5) is 10.8 Å². The highest BCUT2D eigenvalue weighted by Gasteiger charge is 2.23. The van der Waals surface area contributed by atoms with Gasteiger partial charge in [-0.15, -0.1) is 11.3 Å². The Kier molecular flexibility index (Phi) is 3.76. The zero-order valence-electron chi connectivity index (χ0n) is 11.8. The van der Waals surface area contributed by atoms with Crippen molar-refractivity contribution in [3.05, 3.63) is 44.4 Å². The summed E-state index contributed by atoms with van der Waals surface area (Å²) in [5, 5.41) is 14.2. The third-order valence-corrected chi connectivity index (χ3v) is 4.53. The molecule has 3 rings (SSSR count). The number of ether oxygens (including phenoxy) is 1. The second-order valence-corrected chi connectivity index (χ2v) is 5.92. The van der Waals surface area contributed by atoms with E-state index in [1.807, 2.05) is 0 Å². The molecule has 1 amide bonds. The van der Waals surface area contributed by atoms with Crippen molar-refractivity contribution in [3.8, 4) is 5.75 Å². The standard InChI is InChI=1S/C14H13N3O4S/c1-21-8-5-6-11(17(19)20)9(7-8)13(18)16-14-15-10-3-2-4-12(10)22-14/h5-7H,2-4H2,1H3,(H,15,16,18). The van der Waals surface area contributed by atoms with Crippen LogP contribution in [0.2, 0.25) is 0 Å². The van der Waals surface area contributed by atoms with Crippen LogP contribution in [0.3, 0.4) is 0 Å². The number of hydrogen-bond donors (Lipinski definition) is 1. The lowest BCUT2D eigenvalue weighted by Gasteiger charge is -2.05. The van der Waals surface area contributed by atoms with Gasteiger partial charge >= 0.3 is 0 Å². The minimum Gasteiger partial charge on any atom is -0.497 e. The molecule has 7 nitrogen and oxygen atoms in total. The third-order valence-electron chi connectivity index (χ3n) is 3.46. The smallest absolute Gasteiger partial charge is 0.282 e. The van der Waals surface area contributed by atoms with Crippen LogP contribution in [-0.2, 0) is 12.8 Å². The van der Waals surface area contributed by atoms with Gasteiger partial charge in [0.05, 0.1) is 17.7 Å². The van der Waals surface area contributed by atoms with E-state index in [1.165, 1.54) is 41.5 Å². The van der Waals surface area contributed by atoms with E-state index in [0.717, 1.165) is 25.0 Å². The number of methoxy groups -OCH3 is 1. The lowest BCUT2D eigenvalue weighted by atomic mass is 10.1. The SMILES string of the molecule is COc1ccc([N+](=O)[O-])c(C(=O)Nc2nc3c(s2)CCC3)c1. The van der Waals surface area contributed by atoms with E-state index in [-0.39, 0.29) is 11.3 Å². The van der Waals surface area contributed by atoms with Crippen LogP contribution in [-0.4, -0.2) is 22.9 Å². The van der Waals surface area contributed by atoms with Gasteiger partial charge in [-0.05, 0) is 31.4 Å². The number of anilines is 1. The molecule has 0 aliphatic heterocycles. The number of aryl methyl sites for hydroxylation is 2. The van der Waals surface area contributed by atoms with E-state index in [9.17, 15) is 14.9 Å². The fourth-order valence-corrected chi connectivity index (χ4v) is 3.44. The summed E-state index contributed by atoms with van der Waals surface area (Å²) in [6, 6.07) is 4.07. The molecule has 0 fully saturated rings. The topological polar surface area (TPSA) is 94.4 Å². The van der Waals surface area contributed by atoms with Gasteiger partial charge in [0.1, 0.15) is 11.3 Å². The summed E-state index contributed by atoms with van der Waals surface area (Å²) in [6.45, 7) is 0. The predicted molar refractivity (Wildman–Crippen MR) is 81.7 cm³/mol. The Balaban J connectivity index is 1.88. The summed E-state index contributed by atoms with van der Waals surface area (Å²) in [5.41, 5.74) is 0.711. The Bertz CT molecular complexity index is 735. The van der Waals surface area contributed by atoms with Gasteiger partial charge in [0.2, 0.25) is 0 Å². The normalized spacial score (nSPS) is 12.8. The summed E-state index contributed by atoms with van der Waals surface area (Å²) < 4.78 is 5.02. The number of carbonyl (C=O) groups is 1. The monoisotopic (exact) mass is 319 g/mol. The Hall–Kier alpha value is -2.48. The number of nitrogens with one attached hydrogen (secondary N) is 1. The number of benzene rings is 1. The molecule has 114 valence electrons. The lowest BCUT2D eigenvalue weighted by Crippen LogP contribution is -2.14. The Morgan fingerprint density at radius 2 is 2.27 bits per heavy atom. The van der Waals surface area contributed by atoms with Gasteiger partial charge in [-0.2, -0.15) is 0 Å². The highest BCUT2D eigenvalue weighted by molar-refractivity contribution is 7.16. The van der Waals surface area contributed by atoms with Crippen LogP contribution < -0.4 is 10.1 Å². The van der Waals surface area contributed by atoms with Crippen LogP contribution in [0.5, 0.6) is 5.75 Å². The van der Waals surface area contributed by atoms with Gasteiger partial charge in [0.25, 0.3) is 11.6 Å². The zero-order chi connectivity index (χ0) is 15.7. The van der Waals surface area contributed by atoms with E-state index < -0.39 is 10.8 Å².